The van der Waals surface area contributed by atoms with Crippen LogP contribution in [0.1, 0.15) is 18.1 Å². The standard InChI is InChI=1S/C16H17Cl3N2/c1-2-21-12(8-11-6-7-20-10-16(11)19)9-13-14(17)4-3-5-15(13)18/h3-7,10,12,21H,2,8-9H2,1H3. The Morgan fingerprint density at radius 3 is 2.38 bits per heavy atom. The highest BCUT2D eigenvalue weighted by Crippen LogP contribution is 2.26. The number of hydrogen-bond donors (Lipinski definition) is 1. The van der Waals surface area contributed by atoms with E-state index in [0.29, 0.717) is 15.1 Å². The van der Waals surface area contributed by atoms with E-state index in [2.05, 4.69) is 17.2 Å². The molecule has 0 saturated carbocycles. The fourth-order valence-electron chi connectivity index (χ4n) is 2.31. The number of nitrogens with zero attached hydrogens (tertiary/aromatic N) is 1. The van der Waals surface area contributed by atoms with Crippen LogP contribution in [0.25, 0.3) is 0 Å². The van der Waals surface area contributed by atoms with Crippen molar-refractivity contribution in [2.24, 2.45) is 0 Å². The molecule has 1 unspecified atom stereocenters. The second kappa shape index (κ2) is 8.00. The molecule has 1 N–H and O–H groups in total. The van der Waals surface area contributed by atoms with E-state index in [1.165, 1.54) is 0 Å². The van der Waals surface area contributed by atoms with Crippen molar-refractivity contribution in [3.05, 3.63) is 62.9 Å². The molecule has 2 rings (SSSR count). The molecule has 0 spiro atoms. The maximum absolute atomic E-state index is 6.26. The third kappa shape index (κ3) is 4.58. The van der Waals surface area contributed by atoms with Gasteiger partial charge in [-0.15, -0.1) is 0 Å². The molecule has 112 valence electrons. The van der Waals surface area contributed by atoms with Gasteiger partial charge in [0.1, 0.15) is 0 Å². The molecule has 0 bridgehead atoms. The number of rotatable bonds is 6. The van der Waals surface area contributed by atoms with Gasteiger partial charge in [-0.1, -0.05) is 47.8 Å². The largest absolute Gasteiger partial charge is 0.314 e. The summed E-state index contributed by atoms with van der Waals surface area (Å²) in [7, 11) is 0. The van der Waals surface area contributed by atoms with E-state index in [1.807, 2.05) is 24.3 Å². The number of nitrogens with one attached hydrogen (secondary N) is 1. The number of hydrogen-bond acceptors (Lipinski definition) is 2. The molecule has 0 fully saturated rings. The minimum Gasteiger partial charge on any atom is -0.314 e. The number of aromatic nitrogens is 1. The molecule has 1 aromatic carbocycles. The van der Waals surface area contributed by atoms with Gasteiger partial charge in [0.25, 0.3) is 0 Å². The lowest BCUT2D eigenvalue weighted by Gasteiger charge is -2.20. The monoisotopic (exact) mass is 342 g/mol. The summed E-state index contributed by atoms with van der Waals surface area (Å²) < 4.78 is 0. The highest BCUT2D eigenvalue weighted by atomic mass is 35.5. The van der Waals surface area contributed by atoms with Gasteiger partial charge in [-0.25, -0.2) is 0 Å². The van der Waals surface area contributed by atoms with Crippen LogP contribution in [0.2, 0.25) is 15.1 Å². The normalized spacial score (nSPS) is 12.4. The van der Waals surface area contributed by atoms with E-state index in [4.69, 9.17) is 34.8 Å². The SMILES string of the molecule is CCNC(Cc1ccncc1Cl)Cc1c(Cl)cccc1Cl. The zero-order chi connectivity index (χ0) is 15.2. The van der Waals surface area contributed by atoms with Crippen molar-refractivity contribution in [2.45, 2.75) is 25.8 Å². The molecular weight excluding hydrogens is 327 g/mol. The van der Waals surface area contributed by atoms with Crippen LogP contribution in [0.4, 0.5) is 0 Å². The smallest absolute Gasteiger partial charge is 0.0621 e. The van der Waals surface area contributed by atoms with Crippen molar-refractivity contribution in [2.75, 3.05) is 6.54 Å². The second-order valence-corrected chi connectivity index (χ2v) is 6.05. The predicted octanol–water partition coefficient (Wildman–Crippen LogP) is 4.81. The van der Waals surface area contributed by atoms with Crippen LogP contribution in [0.15, 0.2) is 36.7 Å². The predicted molar refractivity (Wildman–Crippen MR) is 90.6 cm³/mol. The maximum atomic E-state index is 6.26. The maximum Gasteiger partial charge on any atom is 0.0621 e. The van der Waals surface area contributed by atoms with E-state index in [-0.39, 0.29) is 6.04 Å². The zero-order valence-corrected chi connectivity index (χ0v) is 14.0. The van der Waals surface area contributed by atoms with Gasteiger partial charge in [0.15, 0.2) is 0 Å². The Morgan fingerprint density at radius 1 is 1.05 bits per heavy atom. The first-order valence-corrected chi connectivity index (χ1v) is 7.99. The molecule has 2 aromatic rings. The fraction of sp³-hybridized carbons (Fsp3) is 0.312. The first-order chi connectivity index (χ1) is 10.1. The van der Waals surface area contributed by atoms with Crippen LogP contribution in [-0.2, 0) is 12.8 Å². The van der Waals surface area contributed by atoms with Gasteiger partial charge < -0.3 is 5.32 Å². The second-order valence-electron chi connectivity index (χ2n) is 4.83. The molecule has 0 saturated heterocycles. The number of pyridine rings is 1. The Morgan fingerprint density at radius 2 is 1.76 bits per heavy atom. The molecule has 1 aromatic heterocycles. The van der Waals surface area contributed by atoms with Gasteiger partial charge in [0, 0.05) is 28.5 Å². The van der Waals surface area contributed by atoms with Gasteiger partial charge in [-0.3, -0.25) is 4.98 Å². The zero-order valence-electron chi connectivity index (χ0n) is 11.7. The van der Waals surface area contributed by atoms with Gasteiger partial charge in [-0.05, 0) is 48.7 Å². The van der Waals surface area contributed by atoms with E-state index in [9.17, 15) is 0 Å². The van der Waals surface area contributed by atoms with Crippen molar-refractivity contribution in [3.63, 3.8) is 0 Å². The quantitative estimate of drug-likeness (QED) is 0.814. The van der Waals surface area contributed by atoms with Crippen molar-refractivity contribution in [1.29, 1.82) is 0 Å². The minimum atomic E-state index is 0.215. The third-order valence-electron chi connectivity index (χ3n) is 3.33. The molecule has 1 atom stereocenters. The van der Waals surface area contributed by atoms with Crippen LogP contribution >= 0.6 is 34.8 Å². The third-order valence-corrected chi connectivity index (χ3v) is 4.38. The Balaban J connectivity index is 2.18. The Hall–Kier alpha value is -0.800. The highest BCUT2D eigenvalue weighted by molar-refractivity contribution is 6.36. The molecule has 5 heteroatoms. The lowest BCUT2D eigenvalue weighted by molar-refractivity contribution is 0.521. The summed E-state index contributed by atoms with van der Waals surface area (Å²) in [5.41, 5.74) is 2.04. The molecule has 1 heterocycles. The molecule has 0 aliphatic heterocycles. The van der Waals surface area contributed by atoms with E-state index >= 15 is 0 Å². The first-order valence-electron chi connectivity index (χ1n) is 6.86. The molecular formula is C16H17Cl3N2. The summed E-state index contributed by atoms with van der Waals surface area (Å²) in [5.74, 6) is 0. The Labute approximate surface area is 140 Å². The molecule has 0 aliphatic carbocycles. The number of likely N-dealkylation sites (N-methyl/N-ethyl adjacent to an activating group) is 1. The van der Waals surface area contributed by atoms with Crippen LogP contribution in [0, 0.1) is 0 Å². The summed E-state index contributed by atoms with van der Waals surface area (Å²) in [4.78, 5) is 4.02. The van der Waals surface area contributed by atoms with E-state index < -0.39 is 0 Å². The summed E-state index contributed by atoms with van der Waals surface area (Å²) >= 11 is 18.7. The topological polar surface area (TPSA) is 24.9 Å². The summed E-state index contributed by atoms with van der Waals surface area (Å²) in [6.45, 7) is 2.95. The minimum absolute atomic E-state index is 0.215. The van der Waals surface area contributed by atoms with Gasteiger partial charge >= 0.3 is 0 Å². The molecule has 0 amide bonds. The lowest BCUT2D eigenvalue weighted by atomic mass is 9.99. The first kappa shape index (κ1) is 16.6. The summed E-state index contributed by atoms with van der Waals surface area (Å²) in [6, 6.07) is 7.75. The van der Waals surface area contributed by atoms with E-state index in [1.54, 1.807) is 12.4 Å². The lowest BCUT2D eigenvalue weighted by Crippen LogP contribution is -2.33. The summed E-state index contributed by atoms with van der Waals surface area (Å²) in [6.07, 6.45) is 4.98. The average Bonchev–Trinajstić information content (AvgIpc) is 2.45. The molecule has 0 aliphatic rings. The van der Waals surface area contributed by atoms with Crippen molar-refractivity contribution < 1.29 is 0 Å². The van der Waals surface area contributed by atoms with Crippen LogP contribution in [0.5, 0.6) is 0 Å². The van der Waals surface area contributed by atoms with Gasteiger partial charge in [0.05, 0.1) is 5.02 Å². The van der Waals surface area contributed by atoms with Crippen molar-refractivity contribution >= 4 is 34.8 Å². The Bertz CT molecular complexity index is 582. The number of halogens is 3. The average molecular weight is 344 g/mol. The van der Waals surface area contributed by atoms with Crippen LogP contribution in [0.3, 0.4) is 0 Å². The van der Waals surface area contributed by atoms with Gasteiger partial charge in [0.2, 0.25) is 0 Å². The van der Waals surface area contributed by atoms with Crippen LogP contribution < -0.4 is 5.32 Å². The van der Waals surface area contributed by atoms with Crippen LogP contribution in [-0.4, -0.2) is 17.6 Å². The Kier molecular flexibility index (Phi) is 6.31. The summed E-state index contributed by atoms with van der Waals surface area (Å²) in [5, 5.41) is 5.55. The van der Waals surface area contributed by atoms with Crippen molar-refractivity contribution in [1.82, 2.24) is 10.3 Å². The molecule has 21 heavy (non-hydrogen) atoms. The van der Waals surface area contributed by atoms with E-state index in [0.717, 1.165) is 30.5 Å². The fourth-order valence-corrected chi connectivity index (χ4v) is 3.06. The van der Waals surface area contributed by atoms with Gasteiger partial charge in [-0.2, -0.15) is 0 Å². The van der Waals surface area contributed by atoms with Crippen molar-refractivity contribution in [3.8, 4) is 0 Å². The number of benzene rings is 1. The molecule has 2 nitrogen and oxygen atoms in total. The molecule has 0 radical (unpaired) electrons. The highest BCUT2D eigenvalue weighted by Gasteiger charge is 2.15.